The van der Waals surface area contributed by atoms with Gasteiger partial charge in [-0.15, -0.1) is 0 Å². The number of carbonyl (C=O) groups excluding carboxylic acids is 1. The molecule has 5 rings (SSSR count). The minimum absolute atomic E-state index is 0.0468. The van der Waals surface area contributed by atoms with Gasteiger partial charge >= 0.3 is 5.97 Å². The van der Waals surface area contributed by atoms with Gasteiger partial charge in [0, 0.05) is 11.6 Å². The van der Waals surface area contributed by atoms with Crippen LogP contribution in [-0.4, -0.2) is 5.97 Å². The Morgan fingerprint density at radius 1 is 0.917 bits per heavy atom. The van der Waals surface area contributed by atoms with Crippen molar-refractivity contribution in [3.05, 3.63) is 142 Å². The lowest BCUT2D eigenvalue weighted by Crippen LogP contribution is -2.22. The van der Waals surface area contributed by atoms with Crippen LogP contribution in [0, 0.1) is 18.3 Å². The van der Waals surface area contributed by atoms with Crippen LogP contribution in [0.4, 0.5) is 0 Å². The second-order valence-corrected chi connectivity index (χ2v) is 8.71. The topological polar surface area (TPSA) is 85.3 Å². The molecule has 1 aliphatic rings. The number of rotatable bonds is 5. The van der Waals surface area contributed by atoms with Crippen molar-refractivity contribution in [3.8, 4) is 17.6 Å². The zero-order valence-electron chi connectivity index (χ0n) is 19.7. The highest BCUT2D eigenvalue weighted by molar-refractivity contribution is 5.84. The summed E-state index contributed by atoms with van der Waals surface area (Å²) in [6.45, 7) is 2.01. The summed E-state index contributed by atoms with van der Waals surface area (Å²) in [6, 6.07) is 34.5. The van der Waals surface area contributed by atoms with Gasteiger partial charge in [0.15, 0.2) is 0 Å². The van der Waals surface area contributed by atoms with Gasteiger partial charge in [-0.1, -0.05) is 96.6 Å². The first-order valence-corrected chi connectivity index (χ1v) is 11.6. The molecule has 0 saturated heterocycles. The minimum atomic E-state index is -0.584. The Bertz CT molecular complexity index is 1430. The zero-order chi connectivity index (χ0) is 25.1. The highest BCUT2D eigenvalue weighted by Gasteiger charge is 2.31. The molecule has 0 amide bonds. The van der Waals surface area contributed by atoms with Gasteiger partial charge in [-0.2, -0.15) is 5.26 Å². The van der Waals surface area contributed by atoms with Crippen LogP contribution >= 0.6 is 0 Å². The van der Waals surface area contributed by atoms with Gasteiger partial charge in [0.05, 0.1) is 5.92 Å². The lowest BCUT2D eigenvalue weighted by molar-refractivity contribution is -0.135. The van der Waals surface area contributed by atoms with Crippen molar-refractivity contribution in [3.63, 3.8) is 0 Å². The molecule has 4 aromatic rings. The van der Waals surface area contributed by atoms with E-state index < -0.39 is 11.9 Å². The van der Waals surface area contributed by atoms with E-state index in [1.807, 2.05) is 97.9 Å². The Morgan fingerprint density at radius 3 is 2.11 bits per heavy atom. The Labute approximate surface area is 210 Å². The summed E-state index contributed by atoms with van der Waals surface area (Å²) in [5, 5.41) is 9.79. The lowest BCUT2D eigenvalue weighted by Gasteiger charge is -2.27. The number of nitrogens with zero attached hydrogens (tertiary/aromatic N) is 1. The van der Waals surface area contributed by atoms with E-state index in [0.717, 1.165) is 27.8 Å². The van der Waals surface area contributed by atoms with Gasteiger partial charge in [0.2, 0.25) is 5.88 Å². The second-order valence-electron chi connectivity index (χ2n) is 8.71. The molecule has 36 heavy (non-hydrogen) atoms. The van der Waals surface area contributed by atoms with Crippen molar-refractivity contribution in [2.45, 2.75) is 18.8 Å². The lowest BCUT2D eigenvalue weighted by atomic mass is 9.83. The quantitative estimate of drug-likeness (QED) is 0.287. The van der Waals surface area contributed by atoms with Gasteiger partial charge in [-0.05, 0) is 29.7 Å². The van der Waals surface area contributed by atoms with Crippen LogP contribution in [0.2, 0.25) is 0 Å². The Balaban J connectivity index is 1.49. The zero-order valence-corrected chi connectivity index (χ0v) is 19.7. The predicted octanol–water partition coefficient (Wildman–Crippen LogP) is 5.95. The van der Waals surface area contributed by atoms with Crippen molar-refractivity contribution >= 4 is 5.97 Å². The Kier molecular flexibility index (Phi) is 6.25. The number of esters is 1. The number of aryl methyl sites for hydroxylation is 1. The number of hydrogen-bond donors (Lipinski definition) is 1. The predicted molar refractivity (Wildman–Crippen MR) is 137 cm³/mol. The standard InChI is InChI=1S/C31H24N2O3/c1-20-12-14-23(15-13-20)29-25-17-16-24(18-27(25)36-30(33)26(29)19-32)35-31(34)28(21-8-4-2-5-9-21)22-10-6-3-7-11-22/h2-18,28-29H,33H2,1H3. The van der Waals surface area contributed by atoms with Gasteiger partial charge in [0.25, 0.3) is 0 Å². The number of ether oxygens (including phenoxy) is 2. The summed E-state index contributed by atoms with van der Waals surface area (Å²) in [6.07, 6.45) is 0. The maximum absolute atomic E-state index is 13.4. The maximum Gasteiger partial charge on any atom is 0.323 e. The molecule has 0 radical (unpaired) electrons. The molecule has 0 bridgehead atoms. The van der Waals surface area contributed by atoms with Crippen molar-refractivity contribution in [2.75, 3.05) is 0 Å². The number of nitrogens with two attached hydrogens (primary N) is 1. The second kappa shape index (κ2) is 9.81. The average molecular weight is 473 g/mol. The molecule has 1 atom stereocenters. The molecule has 1 heterocycles. The van der Waals surface area contributed by atoms with Gasteiger partial charge < -0.3 is 15.2 Å². The van der Waals surface area contributed by atoms with Crippen LogP contribution in [0.1, 0.15) is 39.7 Å². The van der Waals surface area contributed by atoms with Crippen molar-refractivity contribution < 1.29 is 14.3 Å². The van der Waals surface area contributed by atoms with E-state index in [1.165, 1.54) is 0 Å². The third-order valence-corrected chi connectivity index (χ3v) is 6.32. The van der Waals surface area contributed by atoms with E-state index in [9.17, 15) is 10.1 Å². The molecule has 0 aromatic heterocycles. The third kappa shape index (κ3) is 4.45. The van der Waals surface area contributed by atoms with Crippen LogP contribution < -0.4 is 15.2 Å². The van der Waals surface area contributed by atoms with Crippen molar-refractivity contribution in [1.29, 1.82) is 5.26 Å². The van der Waals surface area contributed by atoms with E-state index in [1.54, 1.807) is 12.1 Å². The summed E-state index contributed by atoms with van der Waals surface area (Å²) in [5.41, 5.74) is 11.0. The molecule has 2 N–H and O–H groups in total. The van der Waals surface area contributed by atoms with Crippen LogP contribution in [0.15, 0.2) is 115 Å². The van der Waals surface area contributed by atoms with E-state index in [0.29, 0.717) is 17.1 Å². The molecule has 0 fully saturated rings. The first kappa shape index (κ1) is 22.9. The molecule has 0 aliphatic carbocycles. The number of benzene rings is 4. The maximum atomic E-state index is 13.4. The van der Waals surface area contributed by atoms with Gasteiger partial charge in [-0.25, -0.2) is 0 Å². The number of allylic oxidation sites excluding steroid dienone is 1. The normalized spacial score (nSPS) is 14.5. The van der Waals surface area contributed by atoms with E-state index in [4.69, 9.17) is 15.2 Å². The smallest absolute Gasteiger partial charge is 0.323 e. The van der Waals surface area contributed by atoms with Gasteiger partial charge in [-0.3, -0.25) is 4.79 Å². The van der Waals surface area contributed by atoms with E-state index in [-0.39, 0.29) is 11.8 Å². The van der Waals surface area contributed by atoms with Crippen molar-refractivity contribution in [2.24, 2.45) is 5.73 Å². The fourth-order valence-electron chi connectivity index (χ4n) is 4.53. The number of carbonyl (C=O) groups is 1. The summed E-state index contributed by atoms with van der Waals surface area (Å²) < 4.78 is 11.7. The summed E-state index contributed by atoms with van der Waals surface area (Å²) in [7, 11) is 0. The first-order valence-electron chi connectivity index (χ1n) is 11.6. The summed E-state index contributed by atoms with van der Waals surface area (Å²) in [5.74, 6) is -0.514. The third-order valence-electron chi connectivity index (χ3n) is 6.32. The van der Waals surface area contributed by atoms with E-state index in [2.05, 4.69) is 6.07 Å². The Hall–Kier alpha value is -4.82. The Morgan fingerprint density at radius 2 is 1.53 bits per heavy atom. The SMILES string of the molecule is Cc1ccc(C2C(C#N)=C(N)Oc3cc(OC(=O)C(c4ccccc4)c4ccccc4)ccc32)cc1. The number of nitriles is 1. The number of fused-ring (bicyclic) bond motifs is 1. The molecule has 1 aliphatic heterocycles. The van der Waals surface area contributed by atoms with E-state index >= 15 is 0 Å². The fraction of sp³-hybridized carbons (Fsp3) is 0.0968. The molecule has 1 unspecified atom stereocenters. The monoisotopic (exact) mass is 472 g/mol. The fourth-order valence-corrected chi connectivity index (χ4v) is 4.53. The molecular formula is C31H24N2O3. The van der Waals surface area contributed by atoms with Crippen LogP contribution in [0.5, 0.6) is 11.5 Å². The van der Waals surface area contributed by atoms with Crippen LogP contribution in [0.25, 0.3) is 0 Å². The summed E-state index contributed by atoms with van der Waals surface area (Å²) in [4.78, 5) is 13.4. The molecule has 4 aromatic carbocycles. The largest absolute Gasteiger partial charge is 0.440 e. The minimum Gasteiger partial charge on any atom is -0.440 e. The highest BCUT2D eigenvalue weighted by Crippen LogP contribution is 2.43. The molecule has 176 valence electrons. The average Bonchev–Trinajstić information content (AvgIpc) is 2.90. The molecule has 5 heteroatoms. The first-order chi connectivity index (χ1) is 17.5. The number of hydrogen-bond acceptors (Lipinski definition) is 5. The highest BCUT2D eigenvalue weighted by atomic mass is 16.5. The van der Waals surface area contributed by atoms with Crippen LogP contribution in [-0.2, 0) is 4.79 Å². The van der Waals surface area contributed by atoms with Crippen molar-refractivity contribution in [1.82, 2.24) is 0 Å². The molecule has 5 nitrogen and oxygen atoms in total. The molecule has 0 saturated carbocycles. The van der Waals surface area contributed by atoms with Crippen LogP contribution in [0.3, 0.4) is 0 Å². The molecular weight excluding hydrogens is 448 g/mol. The molecule has 0 spiro atoms. The summed E-state index contributed by atoms with van der Waals surface area (Å²) >= 11 is 0. The van der Waals surface area contributed by atoms with Gasteiger partial charge in [0.1, 0.15) is 29.1 Å².